The Hall–Kier alpha value is -1.57. The number of ketones is 1. The van der Waals surface area contributed by atoms with E-state index >= 15 is 0 Å². The largest absolute Gasteiger partial charge is 0.402 e. The number of nitrogens with two attached hydrogens (primary N) is 1. The van der Waals surface area contributed by atoms with Crippen molar-refractivity contribution in [1.82, 2.24) is 0 Å². The fourth-order valence-electron chi connectivity index (χ4n) is 1.30. The van der Waals surface area contributed by atoms with Crippen LogP contribution < -0.4 is 5.73 Å². The molecule has 0 bridgehead atoms. The molecule has 1 aromatic rings. The first kappa shape index (κ1) is 10.5. The molecule has 0 aromatic heterocycles. The topological polar surface area (TPSA) is 43.1 Å². The standard InChI is InChI=1S/C12H15NO/c1-9-5-3-4-6-11(9)8-12(14)7-10(2)13/h3-7H,8,13H2,1-2H3/b10-7-. The van der Waals surface area contributed by atoms with Crippen LogP contribution in [0.1, 0.15) is 18.1 Å². The van der Waals surface area contributed by atoms with Crippen molar-refractivity contribution < 1.29 is 4.79 Å². The van der Waals surface area contributed by atoms with Crippen molar-refractivity contribution in [2.24, 2.45) is 5.73 Å². The van der Waals surface area contributed by atoms with Crippen LogP contribution in [0.2, 0.25) is 0 Å². The van der Waals surface area contributed by atoms with Gasteiger partial charge in [0.05, 0.1) is 0 Å². The number of carbonyl (C=O) groups excluding carboxylic acids is 1. The molecule has 0 radical (unpaired) electrons. The molecule has 0 saturated heterocycles. The van der Waals surface area contributed by atoms with Gasteiger partial charge in [0.2, 0.25) is 0 Å². The summed E-state index contributed by atoms with van der Waals surface area (Å²) in [6.45, 7) is 3.72. The molecule has 74 valence electrons. The third kappa shape index (κ3) is 3.05. The number of aryl methyl sites for hydroxylation is 1. The van der Waals surface area contributed by atoms with Crippen LogP contribution in [0.3, 0.4) is 0 Å². The molecule has 1 aromatic carbocycles. The lowest BCUT2D eigenvalue weighted by atomic mass is 10.0. The first-order chi connectivity index (χ1) is 6.59. The maximum Gasteiger partial charge on any atom is 0.161 e. The number of hydrogen-bond donors (Lipinski definition) is 1. The van der Waals surface area contributed by atoms with Crippen LogP contribution >= 0.6 is 0 Å². The molecule has 0 atom stereocenters. The summed E-state index contributed by atoms with van der Waals surface area (Å²) in [4.78, 5) is 11.4. The van der Waals surface area contributed by atoms with Gasteiger partial charge in [0.25, 0.3) is 0 Å². The number of allylic oxidation sites excluding steroid dienone is 2. The zero-order valence-electron chi connectivity index (χ0n) is 8.58. The van der Waals surface area contributed by atoms with Gasteiger partial charge in [0.1, 0.15) is 0 Å². The van der Waals surface area contributed by atoms with E-state index in [2.05, 4.69) is 0 Å². The molecular weight excluding hydrogens is 174 g/mol. The summed E-state index contributed by atoms with van der Waals surface area (Å²) < 4.78 is 0. The van der Waals surface area contributed by atoms with Crippen molar-refractivity contribution >= 4 is 5.78 Å². The molecule has 2 nitrogen and oxygen atoms in total. The van der Waals surface area contributed by atoms with E-state index in [4.69, 9.17) is 5.73 Å². The van der Waals surface area contributed by atoms with Gasteiger partial charge in [0, 0.05) is 12.1 Å². The summed E-state index contributed by atoms with van der Waals surface area (Å²) in [6, 6.07) is 7.87. The Kier molecular flexibility index (Phi) is 3.46. The lowest BCUT2D eigenvalue weighted by Gasteiger charge is -2.02. The Morgan fingerprint density at radius 2 is 2.07 bits per heavy atom. The average molecular weight is 189 g/mol. The van der Waals surface area contributed by atoms with Gasteiger partial charge in [-0.3, -0.25) is 4.79 Å². The van der Waals surface area contributed by atoms with Gasteiger partial charge in [-0.25, -0.2) is 0 Å². The van der Waals surface area contributed by atoms with E-state index in [9.17, 15) is 4.79 Å². The van der Waals surface area contributed by atoms with E-state index in [0.29, 0.717) is 12.1 Å². The predicted molar refractivity (Wildman–Crippen MR) is 57.8 cm³/mol. The summed E-state index contributed by atoms with van der Waals surface area (Å²) in [5.74, 6) is 0.0549. The van der Waals surface area contributed by atoms with Crippen molar-refractivity contribution in [3.8, 4) is 0 Å². The first-order valence-corrected chi connectivity index (χ1v) is 4.60. The third-order valence-corrected chi connectivity index (χ3v) is 2.01. The smallest absolute Gasteiger partial charge is 0.161 e. The lowest BCUT2D eigenvalue weighted by molar-refractivity contribution is -0.114. The Labute approximate surface area is 84.4 Å². The van der Waals surface area contributed by atoms with Gasteiger partial charge >= 0.3 is 0 Å². The summed E-state index contributed by atoms with van der Waals surface area (Å²) in [7, 11) is 0. The van der Waals surface area contributed by atoms with E-state index in [-0.39, 0.29) is 5.78 Å². The van der Waals surface area contributed by atoms with Crippen molar-refractivity contribution in [2.75, 3.05) is 0 Å². The normalized spacial score (nSPS) is 11.4. The highest BCUT2D eigenvalue weighted by atomic mass is 16.1. The minimum atomic E-state index is 0.0549. The molecule has 2 heteroatoms. The molecule has 2 N–H and O–H groups in total. The molecular formula is C12H15NO. The second-order valence-electron chi connectivity index (χ2n) is 3.46. The fraction of sp³-hybridized carbons (Fsp3) is 0.250. The zero-order valence-corrected chi connectivity index (χ0v) is 8.58. The Balaban J connectivity index is 2.75. The monoisotopic (exact) mass is 189 g/mol. The van der Waals surface area contributed by atoms with Crippen LogP contribution in [-0.2, 0) is 11.2 Å². The molecule has 0 heterocycles. The van der Waals surface area contributed by atoms with Crippen molar-refractivity contribution in [1.29, 1.82) is 0 Å². The van der Waals surface area contributed by atoms with Crippen molar-refractivity contribution in [3.05, 3.63) is 47.2 Å². The third-order valence-electron chi connectivity index (χ3n) is 2.01. The first-order valence-electron chi connectivity index (χ1n) is 4.60. The van der Waals surface area contributed by atoms with Crippen molar-refractivity contribution in [2.45, 2.75) is 20.3 Å². The maximum absolute atomic E-state index is 11.4. The summed E-state index contributed by atoms with van der Waals surface area (Å²) >= 11 is 0. The van der Waals surface area contributed by atoms with Crippen LogP contribution in [0.5, 0.6) is 0 Å². The highest BCUT2D eigenvalue weighted by Crippen LogP contribution is 2.08. The van der Waals surface area contributed by atoms with Gasteiger partial charge in [0.15, 0.2) is 5.78 Å². The minimum Gasteiger partial charge on any atom is -0.402 e. The Morgan fingerprint density at radius 3 is 2.64 bits per heavy atom. The molecule has 0 aliphatic rings. The van der Waals surface area contributed by atoms with Gasteiger partial charge in [-0.2, -0.15) is 0 Å². The van der Waals surface area contributed by atoms with Gasteiger partial charge in [-0.05, 0) is 31.1 Å². The van der Waals surface area contributed by atoms with Crippen LogP contribution in [0, 0.1) is 6.92 Å². The van der Waals surface area contributed by atoms with E-state index in [0.717, 1.165) is 11.1 Å². The SMILES string of the molecule is C/C(N)=C/C(=O)Cc1ccccc1C. The van der Waals surface area contributed by atoms with Crippen LogP contribution in [-0.4, -0.2) is 5.78 Å². The molecule has 0 saturated carbocycles. The molecule has 0 unspecified atom stereocenters. The highest BCUT2D eigenvalue weighted by Gasteiger charge is 2.02. The average Bonchev–Trinajstić information content (AvgIpc) is 2.07. The van der Waals surface area contributed by atoms with Gasteiger partial charge in [-0.15, -0.1) is 0 Å². The van der Waals surface area contributed by atoms with Crippen LogP contribution in [0.25, 0.3) is 0 Å². The van der Waals surface area contributed by atoms with Crippen LogP contribution in [0.4, 0.5) is 0 Å². The molecule has 0 fully saturated rings. The Morgan fingerprint density at radius 1 is 1.43 bits per heavy atom. The van der Waals surface area contributed by atoms with E-state index < -0.39 is 0 Å². The predicted octanol–water partition coefficient (Wildman–Crippen LogP) is 1.97. The minimum absolute atomic E-state index is 0.0549. The molecule has 0 aliphatic heterocycles. The molecule has 1 rings (SSSR count). The van der Waals surface area contributed by atoms with E-state index in [1.807, 2.05) is 31.2 Å². The van der Waals surface area contributed by atoms with E-state index in [1.165, 1.54) is 6.08 Å². The highest BCUT2D eigenvalue weighted by molar-refractivity contribution is 5.92. The number of hydrogen-bond acceptors (Lipinski definition) is 2. The van der Waals surface area contributed by atoms with Crippen molar-refractivity contribution in [3.63, 3.8) is 0 Å². The Bertz CT molecular complexity index is 362. The lowest BCUT2D eigenvalue weighted by Crippen LogP contribution is -2.03. The van der Waals surface area contributed by atoms with Gasteiger partial charge < -0.3 is 5.73 Å². The second kappa shape index (κ2) is 4.61. The number of rotatable bonds is 3. The molecule has 0 amide bonds. The molecule has 14 heavy (non-hydrogen) atoms. The maximum atomic E-state index is 11.4. The second-order valence-corrected chi connectivity index (χ2v) is 3.46. The fourth-order valence-corrected chi connectivity index (χ4v) is 1.30. The number of benzene rings is 1. The van der Waals surface area contributed by atoms with Crippen LogP contribution in [0.15, 0.2) is 36.0 Å². The molecule has 0 spiro atoms. The summed E-state index contributed by atoms with van der Waals surface area (Å²) in [5, 5.41) is 0. The summed E-state index contributed by atoms with van der Waals surface area (Å²) in [6.07, 6.45) is 1.91. The quantitative estimate of drug-likeness (QED) is 0.739. The zero-order chi connectivity index (χ0) is 10.6. The summed E-state index contributed by atoms with van der Waals surface area (Å²) in [5.41, 5.74) is 8.19. The van der Waals surface area contributed by atoms with E-state index in [1.54, 1.807) is 6.92 Å². The molecule has 0 aliphatic carbocycles. The van der Waals surface area contributed by atoms with Gasteiger partial charge in [-0.1, -0.05) is 24.3 Å². The number of carbonyl (C=O) groups is 1.